The number of hydrogen-bond acceptors (Lipinski definition) is 4. The van der Waals surface area contributed by atoms with Crippen LogP contribution in [0.2, 0.25) is 0 Å². The number of urea groups is 1. The molecule has 0 fully saturated rings. The van der Waals surface area contributed by atoms with Crippen LogP contribution >= 0.6 is 0 Å². The first kappa shape index (κ1) is 16.0. The molecule has 0 aromatic heterocycles. The lowest BCUT2D eigenvalue weighted by Crippen LogP contribution is -2.30. The van der Waals surface area contributed by atoms with Gasteiger partial charge in [-0.2, -0.15) is 0 Å². The van der Waals surface area contributed by atoms with E-state index in [-0.39, 0.29) is 12.8 Å². The smallest absolute Gasteiger partial charge is 0.319 e. The monoisotopic (exact) mass is 328 g/mol. The topological polar surface area (TPSA) is 68.8 Å². The Balaban J connectivity index is 1.34. The number of carbonyl (C=O) groups excluding carboxylic acids is 1. The summed E-state index contributed by atoms with van der Waals surface area (Å²) in [5, 5.41) is 5.55. The molecular weight excluding hydrogens is 308 g/mol. The van der Waals surface area contributed by atoms with Gasteiger partial charge in [-0.1, -0.05) is 17.7 Å². The van der Waals surface area contributed by atoms with E-state index in [1.54, 1.807) is 18.2 Å². The van der Waals surface area contributed by atoms with Gasteiger partial charge >= 0.3 is 6.03 Å². The van der Waals surface area contributed by atoms with Crippen LogP contribution in [0.5, 0.6) is 17.2 Å². The van der Waals surface area contributed by atoms with Crippen LogP contribution in [0, 0.1) is 6.92 Å². The van der Waals surface area contributed by atoms with Gasteiger partial charge in [0.1, 0.15) is 5.75 Å². The Morgan fingerprint density at radius 3 is 2.75 bits per heavy atom. The molecule has 0 atom stereocenters. The van der Waals surface area contributed by atoms with E-state index >= 15 is 0 Å². The number of benzene rings is 2. The van der Waals surface area contributed by atoms with Crippen molar-refractivity contribution in [3.05, 3.63) is 48.0 Å². The maximum Gasteiger partial charge on any atom is 0.319 e. The summed E-state index contributed by atoms with van der Waals surface area (Å²) in [7, 11) is 0. The highest BCUT2D eigenvalue weighted by atomic mass is 16.7. The van der Waals surface area contributed by atoms with Gasteiger partial charge in [0.25, 0.3) is 0 Å². The molecule has 1 heterocycles. The maximum absolute atomic E-state index is 11.8. The number of rotatable bonds is 6. The van der Waals surface area contributed by atoms with Crippen LogP contribution in [0.3, 0.4) is 0 Å². The molecule has 2 aromatic carbocycles. The predicted octanol–water partition coefficient (Wildman–Crippen LogP) is 3.31. The van der Waals surface area contributed by atoms with Gasteiger partial charge in [0, 0.05) is 18.3 Å². The first-order chi connectivity index (χ1) is 11.7. The minimum Gasteiger partial charge on any atom is -0.494 e. The Morgan fingerprint density at radius 2 is 1.92 bits per heavy atom. The molecule has 0 saturated carbocycles. The molecule has 0 spiro atoms. The molecule has 126 valence electrons. The van der Waals surface area contributed by atoms with E-state index in [4.69, 9.17) is 14.2 Å². The van der Waals surface area contributed by atoms with Gasteiger partial charge in [0.15, 0.2) is 11.5 Å². The van der Waals surface area contributed by atoms with Crippen molar-refractivity contribution in [2.24, 2.45) is 0 Å². The molecule has 6 nitrogen and oxygen atoms in total. The zero-order valence-electron chi connectivity index (χ0n) is 13.5. The van der Waals surface area contributed by atoms with Crippen molar-refractivity contribution in [1.82, 2.24) is 5.32 Å². The number of carbonyl (C=O) groups is 1. The van der Waals surface area contributed by atoms with Gasteiger partial charge < -0.3 is 24.8 Å². The molecule has 0 saturated heterocycles. The van der Waals surface area contributed by atoms with E-state index in [1.807, 2.05) is 31.2 Å². The largest absolute Gasteiger partial charge is 0.494 e. The van der Waals surface area contributed by atoms with Crippen molar-refractivity contribution in [2.75, 3.05) is 25.3 Å². The molecule has 0 aliphatic carbocycles. The fourth-order valence-electron chi connectivity index (χ4n) is 2.25. The summed E-state index contributed by atoms with van der Waals surface area (Å²) in [5.74, 6) is 2.17. The molecular formula is C18H20N2O4. The third-order valence-corrected chi connectivity index (χ3v) is 3.53. The molecule has 2 aromatic rings. The Bertz CT molecular complexity index is 701. The summed E-state index contributed by atoms with van der Waals surface area (Å²) >= 11 is 0. The Labute approximate surface area is 140 Å². The highest BCUT2D eigenvalue weighted by Gasteiger charge is 2.13. The zero-order chi connectivity index (χ0) is 16.8. The summed E-state index contributed by atoms with van der Waals surface area (Å²) in [6.45, 7) is 3.33. The number of ether oxygens (including phenoxy) is 3. The lowest BCUT2D eigenvalue weighted by atomic mass is 10.2. The molecule has 1 aliphatic heterocycles. The molecule has 24 heavy (non-hydrogen) atoms. The SMILES string of the molecule is Cc1ccc(OCCCNC(=O)Nc2ccc3c(c2)OCO3)cc1. The van der Waals surface area contributed by atoms with Crippen molar-refractivity contribution >= 4 is 11.7 Å². The molecule has 0 radical (unpaired) electrons. The zero-order valence-corrected chi connectivity index (χ0v) is 13.5. The number of fused-ring (bicyclic) bond motifs is 1. The molecule has 1 aliphatic rings. The van der Waals surface area contributed by atoms with E-state index in [9.17, 15) is 4.79 Å². The van der Waals surface area contributed by atoms with Crippen LogP contribution in [-0.2, 0) is 0 Å². The van der Waals surface area contributed by atoms with E-state index in [0.717, 1.165) is 12.2 Å². The summed E-state index contributed by atoms with van der Waals surface area (Å²) < 4.78 is 16.1. The van der Waals surface area contributed by atoms with Crippen LogP contribution in [0.15, 0.2) is 42.5 Å². The quantitative estimate of drug-likeness (QED) is 0.798. The highest BCUT2D eigenvalue weighted by molar-refractivity contribution is 5.89. The summed E-state index contributed by atoms with van der Waals surface area (Å²) in [5.41, 5.74) is 1.86. The second kappa shape index (κ2) is 7.59. The molecule has 6 heteroatoms. The number of anilines is 1. The van der Waals surface area contributed by atoms with Gasteiger partial charge in [-0.05, 0) is 37.6 Å². The Hall–Kier alpha value is -2.89. The van der Waals surface area contributed by atoms with Gasteiger partial charge in [-0.15, -0.1) is 0 Å². The third-order valence-electron chi connectivity index (χ3n) is 3.53. The molecule has 2 amide bonds. The molecule has 2 N–H and O–H groups in total. The van der Waals surface area contributed by atoms with Crippen LogP contribution < -0.4 is 24.8 Å². The van der Waals surface area contributed by atoms with Gasteiger partial charge in [-0.3, -0.25) is 0 Å². The van der Waals surface area contributed by atoms with Crippen LogP contribution in [0.25, 0.3) is 0 Å². The average molecular weight is 328 g/mol. The second-order valence-corrected chi connectivity index (χ2v) is 5.46. The summed E-state index contributed by atoms with van der Waals surface area (Å²) in [6, 6.07) is 12.9. The number of amides is 2. The third kappa shape index (κ3) is 4.32. The normalized spacial score (nSPS) is 11.9. The average Bonchev–Trinajstić information content (AvgIpc) is 3.04. The van der Waals surface area contributed by atoms with Crippen molar-refractivity contribution in [2.45, 2.75) is 13.3 Å². The van der Waals surface area contributed by atoms with Gasteiger partial charge in [0.2, 0.25) is 6.79 Å². The summed E-state index contributed by atoms with van der Waals surface area (Å²) in [6.07, 6.45) is 0.725. The van der Waals surface area contributed by atoms with Gasteiger partial charge in [-0.25, -0.2) is 4.79 Å². The fourth-order valence-corrected chi connectivity index (χ4v) is 2.25. The maximum atomic E-state index is 11.8. The number of aryl methyl sites for hydroxylation is 1. The van der Waals surface area contributed by atoms with E-state index in [0.29, 0.717) is 30.3 Å². The molecule has 0 unspecified atom stereocenters. The minimum absolute atomic E-state index is 0.214. The number of hydrogen-bond donors (Lipinski definition) is 2. The van der Waals surface area contributed by atoms with Crippen LogP contribution in [-0.4, -0.2) is 26.0 Å². The number of nitrogens with one attached hydrogen (secondary N) is 2. The van der Waals surface area contributed by atoms with Crippen LogP contribution in [0.1, 0.15) is 12.0 Å². The van der Waals surface area contributed by atoms with Crippen LogP contribution in [0.4, 0.5) is 10.5 Å². The summed E-state index contributed by atoms with van der Waals surface area (Å²) in [4.78, 5) is 11.8. The first-order valence-electron chi connectivity index (χ1n) is 7.85. The van der Waals surface area contributed by atoms with Crippen molar-refractivity contribution < 1.29 is 19.0 Å². The van der Waals surface area contributed by atoms with Crippen molar-refractivity contribution in [1.29, 1.82) is 0 Å². The van der Waals surface area contributed by atoms with Crippen molar-refractivity contribution in [3.8, 4) is 17.2 Å². The predicted molar refractivity (Wildman–Crippen MR) is 90.9 cm³/mol. The second-order valence-electron chi connectivity index (χ2n) is 5.46. The van der Waals surface area contributed by atoms with E-state index < -0.39 is 0 Å². The highest BCUT2D eigenvalue weighted by Crippen LogP contribution is 2.34. The lowest BCUT2D eigenvalue weighted by molar-refractivity contribution is 0.174. The standard InChI is InChI=1S/C18H20N2O4/c1-13-3-6-15(7-4-13)22-10-2-9-19-18(21)20-14-5-8-16-17(11-14)24-12-23-16/h3-8,11H,2,9-10,12H2,1H3,(H2,19,20,21). The fraction of sp³-hybridized carbons (Fsp3) is 0.278. The van der Waals surface area contributed by atoms with E-state index in [1.165, 1.54) is 5.56 Å². The van der Waals surface area contributed by atoms with Crippen molar-refractivity contribution in [3.63, 3.8) is 0 Å². The van der Waals surface area contributed by atoms with Gasteiger partial charge in [0.05, 0.1) is 6.61 Å². The Kier molecular flexibility index (Phi) is 5.05. The molecule has 0 bridgehead atoms. The Morgan fingerprint density at radius 1 is 1.12 bits per heavy atom. The minimum atomic E-state index is -0.260. The lowest BCUT2D eigenvalue weighted by Gasteiger charge is -2.09. The first-order valence-corrected chi connectivity index (χ1v) is 7.85. The van der Waals surface area contributed by atoms with E-state index in [2.05, 4.69) is 10.6 Å². The molecule has 3 rings (SSSR count).